The minimum Gasteiger partial charge on any atom is -0.350 e. The first-order valence-corrected chi connectivity index (χ1v) is 13.2. The number of hydrogen-bond donors (Lipinski definition) is 1. The summed E-state index contributed by atoms with van der Waals surface area (Å²) in [5, 5.41) is 2.88. The number of aryl methyl sites for hydroxylation is 1. The van der Waals surface area contributed by atoms with Gasteiger partial charge in [0.25, 0.3) is 0 Å². The van der Waals surface area contributed by atoms with Crippen molar-refractivity contribution < 1.29 is 18.0 Å². The van der Waals surface area contributed by atoms with Crippen LogP contribution in [0.2, 0.25) is 0 Å². The van der Waals surface area contributed by atoms with Gasteiger partial charge in [-0.2, -0.15) is 4.31 Å². The second-order valence-corrected chi connectivity index (χ2v) is 12.0. The summed E-state index contributed by atoms with van der Waals surface area (Å²) in [6, 6.07) is 12.7. The van der Waals surface area contributed by atoms with E-state index in [1.807, 2.05) is 31.2 Å². The minimum atomic E-state index is -3.64. The zero-order chi connectivity index (χ0) is 24.7. The number of fused-ring (bicyclic) bond motifs is 1. The van der Waals surface area contributed by atoms with Crippen LogP contribution in [-0.2, 0) is 31.6 Å². The lowest BCUT2D eigenvalue weighted by atomic mass is 9.86. The topological polar surface area (TPSA) is 86.8 Å². The van der Waals surface area contributed by atoms with E-state index < -0.39 is 15.4 Å². The molecule has 2 amide bonds. The summed E-state index contributed by atoms with van der Waals surface area (Å²) >= 11 is 0. The van der Waals surface area contributed by atoms with Gasteiger partial charge in [0.05, 0.1) is 10.3 Å². The van der Waals surface area contributed by atoms with E-state index in [2.05, 4.69) is 12.2 Å². The van der Waals surface area contributed by atoms with Crippen molar-refractivity contribution in [2.24, 2.45) is 5.92 Å². The van der Waals surface area contributed by atoms with Gasteiger partial charge in [-0.05, 0) is 68.9 Å². The molecule has 4 rings (SSSR count). The molecule has 182 valence electrons. The Morgan fingerprint density at radius 1 is 1.18 bits per heavy atom. The standard InChI is InChI=1S/C26H33N3O4S/c1-18-7-5-9-20(13-18)15-27-24(30)17-29-23-11-10-21(14-22(23)26(3,4)25(29)31)34(32,33)28-12-6-8-19(2)16-28/h5,7,9-11,13-14,19H,6,8,12,15-17H2,1-4H3,(H,27,30)/t19-/m1/s1. The van der Waals surface area contributed by atoms with Crippen molar-refractivity contribution in [1.82, 2.24) is 9.62 Å². The van der Waals surface area contributed by atoms with E-state index in [-0.39, 0.29) is 23.3 Å². The van der Waals surface area contributed by atoms with E-state index in [4.69, 9.17) is 0 Å². The molecule has 0 bridgehead atoms. The number of carbonyl (C=O) groups is 2. The van der Waals surface area contributed by atoms with Gasteiger partial charge in [0.1, 0.15) is 6.54 Å². The van der Waals surface area contributed by atoms with Crippen LogP contribution in [0.4, 0.5) is 5.69 Å². The summed E-state index contributed by atoms with van der Waals surface area (Å²) in [7, 11) is -3.64. The predicted molar refractivity (Wildman–Crippen MR) is 132 cm³/mol. The highest BCUT2D eigenvalue weighted by Gasteiger charge is 2.45. The van der Waals surface area contributed by atoms with Gasteiger partial charge in [0.2, 0.25) is 21.8 Å². The summed E-state index contributed by atoms with van der Waals surface area (Å²) in [5.41, 5.74) is 2.40. The van der Waals surface area contributed by atoms with Crippen molar-refractivity contribution in [1.29, 1.82) is 0 Å². The zero-order valence-corrected chi connectivity index (χ0v) is 21.1. The lowest BCUT2D eigenvalue weighted by Gasteiger charge is -2.30. The largest absolute Gasteiger partial charge is 0.350 e. The first-order valence-electron chi connectivity index (χ1n) is 11.8. The third-order valence-electron chi connectivity index (χ3n) is 6.84. The van der Waals surface area contributed by atoms with Crippen molar-refractivity contribution in [3.63, 3.8) is 0 Å². The monoisotopic (exact) mass is 483 g/mol. The third-order valence-corrected chi connectivity index (χ3v) is 8.70. The Bertz CT molecular complexity index is 1220. The van der Waals surface area contributed by atoms with E-state index in [0.29, 0.717) is 36.8 Å². The molecule has 0 unspecified atom stereocenters. The van der Waals surface area contributed by atoms with Gasteiger partial charge in [-0.3, -0.25) is 9.59 Å². The fraction of sp³-hybridized carbons (Fsp3) is 0.462. The van der Waals surface area contributed by atoms with Crippen molar-refractivity contribution in [3.05, 3.63) is 59.2 Å². The molecule has 1 saturated heterocycles. The molecule has 0 saturated carbocycles. The molecule has 8 heteroatoms. The molecule has 0 aliphatic carbocycles. The van der Waals surface area contributed by atoms with E-state index in [9.17, 15) is 18.0 Å². The number of anilines is 1. The van der Waals surface area contributed by atoms with Gasteiger partial charge in [0, 0.05) is 25.3 Å². The zero-order valence-electron chi connectivity index (χ0n) is 20.3. The van der Waals surface area contributed by atoms with Crippen LogP contribution >= 0.6 is 0 Å². The predicted octanol–water partition coefficient (Wildman–Crippen LogP) is 3.36. The van der Waals surface area contributed by atoms with Crippen molar-refractivity contribution in [2.75, 3.05) is 24.5 Å². The van der Waals surface area contributed by atoms with Gasteiger partial charge >= 0.3 is 0 Å². The minimum absolute atomic E-state index is 0.114. The highest BCUT2D eigenvalue weighted by Crippen LogP contribution is 2.42. The van der Waals surface area contributed by atoms with Gasteiger partial charge < -0.3 is 10.2 Å². The maximum atomic E-state index is 13.3. The fourth-order valence-corrected chi connectivity index (χ4v) is 6.49. The number of carbonyl (C=O) groups excluding carboxylic acids is 2. The van der Waals surface area contributed by atoms with E-state index in [1.54, 1.807) is 36.4 Å². The lowest BCUT2D eigenvalue weighted by Crippen LogP contribution is -2.42. The van der Waals surface area contributed by atoms with Crippen LogP contribution in [0.5, 0.6) is 0 Å². The number of piperidine rings is 1. The number of rotatable bonds is 6. The van der Waals surface area contributed by atoms with Crippen LogP contribution in [0.25, 0.3) is 0 Å². The van der Waals surface area contributed by atoms with Crippen LogP contribution in [0.3, 0.4) is 0 Å². The molecule has 2 heterocycles. The molecule has 1 atom stereocenters. The summed E-state index contributed by atoms with van der Waals surface area (Å²) in [6.07, 6.45) is 1.87. The fourth-order valence-electron chi connectivity index (χ4n) is 4.87. The maximum absolute atomic E-state index is 13.3. The lowest BCUT2D eigenvalue weighted by molar-refractivity contribution is -0.125. The average Bonchev–Trinajstić information content (AvgIpc) is 2.98. The Morgan fingerprint density at radius 2 is 1.94 bits per heavy atom. The normalized spacial score (nSPS) is 20.3. The Morgan fingerprint density at radius 3 is 2.65 bits per heavy atom. The van der Waals surface area contributed by atoms with E-state index in [1.165, 1.54) is 4.90 Å². The van der Waals surface area contributed by atoms with Gasteiger partial charge in [-0.25, -0.2) is 8.42 Å². The third kappa shape index (κ3) is 4.61. The molecule has 2 aromatic carbocycles. The molecule has 7 nitrogen and oxygen atoms in total. The number of sulfonamides is 1. The molecule has 0 radical (unpaired) electrons. The van der Waals surface area contributed by atoms with Crippen LogP contribution in [0.15, 0.2) is 47.4 Å². The second-order valence-electron chi connectivity index (χ2n) is 10.1. The molecule has 2 aromatic rings. The Kier molecular flexibility index (Phi) is 6.57. The van der Waals surface area contributed by atoms with Gasteiger partial charge in [-0.15, -0.1) is 0 Å². The number of nitrogens with one attached hydrogen (secondary N) is 1. The number of nitrogens with zero attached hydrogens (tertiary/aromatic N) is 2. The molecule has 1 N–H and O–H groups in total. The highest BCUT2D eigenvalue weighted by atomic mass is 32.2. The number of benzene rings is 2. The SMILES string of the molecule is Cc1cccc(CNC(=O)CN2C(=O)C(C)(C)c3cc(S(=O)(=O)N4CCC[C@@H](C)C4)ccc32)c1. The molecule has 1 fully saturated rings. The molecule has 34 heavy (non-hydrogen) atoms. The molecular formula is C26H33N3O4S. The Hall–Kier alpha value is -2.71. The molecule has 2 aliphatic heterocycles. The molecule has 2 aliphatic rings. The van der Waals surface area contributed by atoms with Gasteiger partial charge in [0.15, 0.2) is 0 Å². The highest BCUT2D eigenvalue weighted by molar-refractivity contribution is 7.89. The second kappa shape index (κ2) is 9.15. The van der Waals surface area contributed by atoms with Crippen molar-refractivity contribution in [2.45, 2.75) is 57.4 Å². The maximum Gasteiger partial charge on any atom is 0.243 e. The average molecular weight is 484 g/mol. The number of amides is 2. The van der Waals surface area contributed by atoms with E-state index >= 15 is 0 Å². The van der Waals surface area contributed by atoms with Crippen molar-refractivity contribution >= 4 is 27.5 Å². The first-order chi connectivity index (χ1) is 16.0. The summed E-state index contributed by atoms with van der Waals surface area (Å²) in [4.78, 5) is 27.6. The van der Waals surface area contributed by atoms with E-state index in [0.717, 1.165) is 24.0 Å². The molecule has 0 aromatic heterocycles. The van der Waals surface area contributed by atoms with Gasteiger partial charge in [-0.1, -0.05) is 36.8 Å². The summed E-state index contributed by atoms with van der Waals surface area (Å²) in [5.74, 6) is -0.156. The summed E-state index contributed by atoms with van der Waals surface area (Å²) < 4.78 is 28.1. The smallest absolute Gasteiger partial charge is 0.243 e. The molecule has 0 spiro atoms. The van der Waals surface area contributed by atoms with Crippen LogP contribution in [0.1, 0.15) is 50.3 Å². The Balaban J connectivity index is 1.54. The Labute approximate surface area is 202 Å². The summed E-state index contributed by atoms with van der Waals surface area (Å²) in [6.45, 7) is 8.90. The number of hydrogen-bond acceptors (Lipinski definition) is 4. The molecular weight excluding hydrogens is 450 g/mol. The first kappa shape index (κ1) is 24.4. The van der Waals surface area contributed by atoms with Crippen LogP contribution in [0, 0.1) is 12.8 Å². The van der Waals surface area contributed by atoms with Crippen LogP contribution < -0.4 is 10.2 Å². The quantitative estimate of drug-likeness (QED) is 0.683. The van der Waals surface area contributed by atoms with Crippen LogP contribution in [-0.4, -0.2) is 44.2 Å². The van der Waals surface area contributed by atoms with Crippen molar-refractivity contribution in [3.8, 4) is 0 Å².